The van der Waals surface area contributed by atoms with E-state index in [1.165, 1.54) is 51.8 Å². The lowest BCUT2D eigenvalue weighted by atomic mass is 9.88. The third kappa shape index (κ3) is 42.2. The van der Waals surface area contributed by atoms with E-state index in [1.54, 1.807) is 6.20 Å². The molecule has 0 spiro atoms. The van der Waals surface area contributed by atoms with Crippen LogP contribution in [0.4, 0.5) is 0 Å². The number of carboxylic acid groups (broad SMARTS) is 2. The summed E-state index contributed by atoms with van der Waals surface area (Å²) in [6.45, 7) is 3.13. The predicted molar refractivity (Wildman–Crippen MR) is 285 cm³/mol. The lowest BCUT2D eigenvalue weighted by molar-refractivity contribution is -0.142. The number of amides is 3. The van der Waals surface area contributed by atoms with Gasteiger partial charge >= 0.3 is 11.9 Å². The second-order valence-electron chi connectivity index (χ2n) is 19.6. The number of carbonyl (C=O) groups excluding carboxylic acids is 7. The molecule has 21 nitrogen and oxygen atoms in total. The first-order valence-corrected chi connectivity index (χ1v) is 28.1. The maximum absolute atomic E-state index is 13.0. The molecule has 0 saturated carbocycles. The van der Waals surface area contributed by atoms with E-state index < -0.39 is 24.0 Å². The Hall–Kier alpha value is -4.96. The van der Waals surface area contributed by atoms with Gasteiger partial charge in [-0.15, -0.1) is 0 Å². The quantitative estimate of drug-likeness (QED) is 0.0364. The maximum Gasteiger partial charge on any atom is 0.326 e. The van der Waals surface area contributed by atoms with Crippen molar-refractivity contribution in [3.05, 3.63) is 18.2 Å². The normalized spacial score (nSPS) is 12.4. The van der Waals surface area contributed by atoms with Gasteiger partial charge in [0, 0.05) is 88.9 Å². The molecule has 0 aromatic carbocycles. The third-order valence-electron chi connectivity index (χ3n) is 12.8. The lowest BCUT2D eigenvalue weighted by Crippen LogP contribution is -2.41. The molecule has 1 aromatic heterocycles. The molecule has 0 aliphatic carbocycles. The number of ether oxygens (including phenoxy) is 4. The molecule has 21 heteroatoms. The number of nitrogens with zero attached hydrogens (tertiary/aromatic N) is 1. The van der Waals surface area contributed by atoms with E-state index in [0.717, 1.165) is 50.6 Å². The number of aromatic amines is 1. The summed E-state index contributed by atoms with van der Waals surface area (Å²) in [5.74, 6) is -3.35. The van der Waals surface area contributed by atoms with Crippen molar-refractivity contribution in [3.63, 3.8) is 0 Å². The monoisotopic (exact) mass is 1080 g/mol. The van der Waals surface area contributed by atoms with Crippen LogP contribution < -0.4 is 21.7 Å². The van der Waals surface area contributed by atoms with Crippen LogP contribution in [-0.2, 0) is 68.5 Å². The summed E-state index contributed by atoms with van der Waals surface area (Å²) in [7, 11) is 0. The fourth-order valence-electron chi connectivity index (χ4n) is 8.32. The fourth-order valence-corrected chi connectivity index (χ4v) is 8.32. The lowest BCUT2D eigenvalue weighted by Gasteiger charge is -2.17. The first-order valence-electron chi connectivity index (χ1n) is 28.1. The zero-order chi connectivity index (χ0) is 55.9. The van der Waals surface area contributed by atoms with Crippen LogP contribution in [0.15, 0.2) is 12.5 Å². The number of H-pyrrole nitrogens is 1. The van der Waals surface area contributed by atoms with Crippen LogP contribution >= 0.6 is 0 Å². The average Bonchev–Trinajstić information content (AvgIpc) is 3.90. The summed E-state index contributed by atoms with van der Waals surface area (Å²) >= 11 is 0. The summed E-state index contributed by atoms with van der Waals surface area (Å²) in [6, 6.07) is -1.81. The van der Waals surface area contributed by atoms with E-state index in [1.807, 2.05) is 0 Å². The van der Waals surface area contributed by atoms with E-state index in [0.29, 0.717) is 70.9 Å². The molecule has 1 heterocycles. The standard InChI is InChI=1S/C55H94N6O15/c1-43(62)20-18-23-49(64)44(26-29-50(65)47(56)38-45-39-57-42-60-45)21-16-17-30-58-52(67)40-76-37-35-74-33-31-59-53(68)41-75-36-34-73-32-19-22-46(63)27-28-48(55(71)72)61-51(66)24-14-12-10-8-6-4-2-3-5-7-9-11-13-15-25-54(69)70/h39,42,44,47-48H,2-38,40-41,56H2,1H3,(H,57,60)(H,58,67)(H,59,68)(H,61,66)(H,69,70)(H,71,72)/t44-,47+,48+/m1/s1. The molecule has 1 rings (SSSR count). The second-order valence-corrected chi connectivity index (χ2v) is 19.6. The van der Waals surface area contributed by atoms with Gasteiger partial charge in [-0.3, -0.25) is 33.6 Å². The largest absolute Gasteiger partial charge is 0.481 e. The van der Waals surface area contributed by atoms with Gasteiger partial charge in [0.2, 0.25) is 17.7 Å². The highest BCUT2D eigenvalue weighted by Crippen LogP contribution is 2.21. The Morgan fingerprint density at radius 1 is 0.539 bits per heavy atom. The first kappa shape index (κ1) is 69.1. The van der Waals surface area contributed by atoms with Crippen LogP contribution in [0.3, 0.4) is 0 Å². The smallest absolute Gasteiger partial charge is 0.326 e. The number of hydrogen-bond donors (Lipinski definition) is 7. The minimum absolute atomic E-state index is 0.0223. The number of nitrogens with one attached hydrogen (secondary N) is 4. The Morgan fingerprint density at radius 2 is 1.11 bits per heavy atom. The number of imidazole rings is 1. The molecule has 1 aromatic rings. The molecule has 3 amide bonds. The van der Waals surface area contributed by atoms with Gasteiger partial charge in [-0.25, -0.2) is 9.78 Å². The average molecular weight is 1080 g/mol. The van der Waals surface area contributed by atoms with Crippen molar-refractivity contribution in [1.82, 2.24) is 25.9 Å². The molecule has 76 heavy (non-hydrogen) atoms. The van der Waals surface area contributed by atoms with Gasteiger partial charge in [-0.1, -0.05) is 83.5 Å². The van der Waals surface area contributed by atoms with E-state index in [2.05, 4.69) is 25.9 Å². The van der Waals surface area contributed by atoms with Gasteiger partial charge < -0.3 is 60.6 Å². The van der Waals surface area contributed by atoms with Gasteiger partial charge in [0.05, 0.1) is 45.4 Å². The number of rotatable bonds is 55. The summed E-state index contributed by atoms with van der Waals surface area (Å²) < 4.78 is 21.6. The molecule has 0 aliphatic rings. The topological polar surface area (TPSA) is 322 Å². The summed E-state index contributed by atoms with van der Waals surface area (Å²) in [4.78, 5) is 115. The SMILES string of the molecule is CC(=O)CCCC(=O)[C@H](CCCCNC(=O)COCCOCCNC(=O)COCCOCCCC(=O)CC[C@H](NC(=O)CCCCCCCCCCCCCCCCC(=O)O)C(=O)O)CCC(=O)[C@@H](N)Cc1cnc[nH]1. The summed E-state index contributed by atoms with van der Waals surface area (Å²) in [5, 5.41) is 26.3. The Morgan fingerprint density at radius 3 is 1.67 bits per heavy atom. The Kier molecular flexibility index (Phi) is 42.9. The Labute approximate surface area is 450 Å². The van der Waals surface area contributed by atoms with E-state index in [4.69, 9.17) is 29.8 Å². The number of ketones is 4. The van der Waals surface area contributed by atoms with E-state index >= 15 is 0 Å². The van der Waals surface area contributed by atoms with Crippen LogP contribution in [0.5, 0.6) is 0 Å². The number of Topliss-reactive ketones (excluding diaryl/α,β-unsaturated/α-hetero) is 4. The van der Waals surface area contributed by atoms with Gasteiger partial charge in [-0.2, -0.15) is 0 Å². The molecule has 0 aliphatic heterocycles. The fraction of sp³-hybridized carbons (Fsp3) is 0.782. The van der Waals surface area contributed by atoms with Crippen LogP contribution in [0.25, 0.3) is 0 Å². The van der Waals surface area contributed by atoms with Crippen LogP contribution in [0.1, 0.15) is 192 Å². The molecule has 434 valence electrons. The molecule has 0 saturated heterocycles. The van der Waals surface area contributed by atoms with Crippen LogP contribution in [0, 0.1) is 5.92 Å². The summed E-state index contributed by atoms with van der Waals surface area (Å²) in [5.41, 5.74) is 6.85. The Bertz CT molecular complexity index is 1760. The Balaban J connectivity index is 2.00. The molecule has 8 N–H and O–H groups in total. The highest BCUT2D eigenvalue weighted by Gasteiger charge is 2.23. The zero-order valence-electron chi connectivity index (χ0n) is 45.7. The van der Waals surface area contributed by atoms with Gasteiger partial charge in [0.25, 0.3) is 0 Å². The van der Waals surface area contributed by atoms with Crippen LogP contribution in [0.2, 0.25) is 0 Å². The van der Waals surface area contributed by atoms with Gasteiger partial charge in [0.1, 0.15) is 42.4 Å². The number of aliphatic carboxylic acids is 2. The molecule has 0 bridgehead atoms. The number of nitrogens with two attached hydrogens (primary N) is 1. The second kappa shape index (κ2) is 47.3. The maximum atomic E-state index is 13.0. The van der Waals surface area contributed by atoms with E-state index in [9.17, 15) is 48.3 Å². The minimum Gasteiger partial charge on any atom is -0.481 e. The molecular formula is C55H94N6O15. The van der Waals surface area contributed by atoms with Crippen molar-refractivity contribution in [3.8, 4) is 0 Å². The predicted octanol–water partition coefficient (Wildman–Crippen LogP) is 6.07. The number of hydrogen-bond acceptors (Lipinski definition) is 15. The van der Waals surface area contributed by atoms with Crippen molar-refractivity contribution < 1.29 is 72.3 Å². The molecular weight excluding hydrogens is 985 g/mol. The molecule has 0 radical (unpaired) electrons. The minimum atomic E-state index is -1.17. The summed E-state index contributed by atoms with van der Waals surface area (Å²) in [6.07, 6.45) is 23.2. The van der Waals surface area contributed by atoms with Crippen LogP contribution in [-0.4, -0.2) is 151 Å². The number of aromatic nitrogens is 2. The third-order valence-corrected chi connectivity index (χ3v) is 12.8. The number of carbonyl (C=O) groups is 9. The molecule has 3 atom stereocenters. The van der Waals surface area contributed by atoms with Crippen molar-refractivity contribution in [1.29, 1.82) is 0 Å². The van der Waals surface area contributed by atoms with E-state index in [-0.39, 0.29) is 145 Å². The first-order chi connectivity index (χ1) is 36.7. The van der Waals surface area contributed by atoms with Crippen molar-refractivity contribution in [2.75, 3.05) is 65.9 Å². The van der Waals surface area contributed by atoms with Gasteiger partial charge in [0.15, 0.2) is 0 Å². The van der Waals surface area contributed by atoms with Crippen molar-refractivity contribution >= 4 is 52.8 Å². The van der Waals surface area contributed by atoms with Crippen molar-refractivity contribution in [2.45, 2.75) is 205 Å². The highest BCUT2D eigenvalue weighted by atomic mass is 16.5. The van der Waals surface area contributed by atoms with Gasteiger partial charge in [-0.05, 0) is 58.3 Å². The molecule has 0 fully saturated rings. The number of carboxylic acids is 2. The molecule has 0 unspecified atom stereocenters. The van der Waals surface area contributed by atoms with Crippen molar-refractivity contribution in [2.24, 2.45) is 11.7 Å². The number of unbranched alkanes of at least 4 members (excludes halogenated alkanes) is 14. The zero-order valence-corrected chi connectivity index (χ0v) is 45.7. The highest BCUT2D eigenvalue weighted by molar-refractivity contribution is 5.86.